The van der Waals surface area contributed by atoms with E-state index in [-0.39, 0.29) is 5.69 Å². The highest BCUT2D eigenvalue weighted by Crippen LogP contribution is 2.30. The van der Waals surface area contributed by atoms with Gasteiger partial charge in [0, 0.05) is 11.8 Å². The van der Waals surface area contributed by atoms with Crippen LogP contribution in [0.15, 0.2) is 47.6 Å². The zero-order valence-corrected chi connectivity index (χ0v) is 12.2. The molecule has 0 saturated heterocycles. The Morgan fingerprint density at radius 2 is 2.00 bits per heavy atom. The van der Waals surface area contributed by atoms with Crippen LogP contribution in [-0.4, -0.2) is 23.5 Å². The van der Waals surface area contributed by atoms with Crippen molar-refractivity contribution in [3.05, 3.63) is 48.2 Å². The van der Waals surface area contributed by atoms with Gasteiger partial charge in [-0.05, 0) is 30.5 Å². The van der Waals surface area contributed by atoms with E-state index in [0.717, 1.165) is 6.07 Å². The van der Waals surface area contributed by atoms with E-state index in [4.69, 9.17) is 0 Å². The molecule has 1 N–H and O–H groups in total. The lowest BCUT2D eigenvalue weighted by atomic mass is 10.2. The molecular weight excluding hydrogens is 317 g/mol. The van der Waals surface area contributed by atoms with Gasteiger partial charge in [-0.1, -0.05) is 12.1 Å². The van der Waals surface area contributed by atoms with Gasteiger partial charge >= 0.3 is 6.36 Å². The summed E-state index contributed by atoms with van der Waals surface area (Å²) < 4.78 is 40.9. The van der Waals surface area contributed by atoms with E-state index in [0.29, 0.717) is 10.6 Å². The van der Waals surface area contributed by atoms with Gasteiger partial charge in [-0.25, -0.2) is 4.98 Å². The molecule has 4 nitrogen and oxygen atoms in total. The molecule has 0 bridgehead atoms. The Morgan fingerprint density at radius 1 is 1.27 bits per heavy atom. The van der Waals surface area contributed by atoms with Gasteiger partial charge in [0.05, 0.1) is 10.7 Å². The van der Waals surface area contributed by atoms with Gasteiger partial charge in [0.15, 0.2) is 5.75 Å². The van der Waals surface area contributed by atoms with Gasteiger partial charge in [-0.2, -0.15) is 0 Å². The van der Waals surface area contributed by atoms with E-state index in [1.165, 1.54) is 42.2 Å². The summed E-state index contributed by atoms with van der Waals surface area (Å²) in [6.07, 6.45) is -1.57. The Morgan fingerprint density at radius 3 is 2.68 bits per heavy atom. The average molecular weight is 328 g/mol. The Kier molecular flexibility index (Phi) is 4.92. The van der Waals surface area contributed by atoms with Gasteiger partial charge in [-0.15, -0.1) is 24.9 Å². The molecular formula is C14H11F3N2O2S. The molecule has 22 heavy (non-hydrogen) atoms. The molecule has 0 aliphatic heterocycles. The van der Waals surface area contributed by atoms with Gasteiger partial charge in [0.1, 0.15) is 0 Å². The maximum atomic E-state index is 12.3. The Bertz CT molecular complexity index is 677. The molecule has 0 fully saturated rings. The van der Waals surface area contributed by atoms with Crippen molar-refractivity contribution in [2.75, 3.05) is 11.6 Å². The fourth-order valence-corrected chi connectivity index (χ4v) is 2.05. The topological polar surface area (TPSA) is 51.2 Å². The number of hydrogen-bond donors (Lipinski definition) is 1. The quantitative estimate of drug-likeness (QED) is 0.863. The van der Waals surface area contributed by atoms with Crippen molar-refractivity contribution in [3.63, 3.8) is 0 Å². The van der Waals surface area contributed by atoms with Gasteiger partial charge < -0.3 is 10.1 Å². The first kappa shape index (κ1) is 16.2. The fraction of sp³-hybridized carbons (Fsp3) is 0.143. The third-order valence-electron chi connectivity index (χ3n) is 2.57. The van der Waals surface area contributed by atoms with Crippen molar-refractivity contribution < 1.29 is 22.7 Å². The van der Waals surface area contributed by atoms with Gasteiger partial charge in [0.2, 0.25) is 0 Å². The summed E-state index contributed by atoms with van der Waals surface area (Å²) in [6.45, 7) is 0. The third kappa shape index (κ3) is 4.39. The van der Waals surface area contributed by atoms with Crippen LogP contribution in [0.4, 0.5) is 18.9 Å². The van der Waals surface area contributed by atoms with E-state index >= 15 is 0 Å². The molecule has 0 aliphatic rings. The number of aromatic nitrogens is 1. The summed E-state index contributed by atoms with van der Waals surface area (Å²) >= 11 is 1.35. The minimum Gasteiger partial charge on any atom is -0.404 e. The van der Waals surface area contributed by atoms with E-state index in [1.807, 2.05) is 0 Å². The zero-order chi connectivity index (χ0) is 16.2. The monoisotopic (exact) mass is 328 g/mol. The number of amides is 1. The van der Waals surface area contributed by atoms with Crippen molar-refractivity contribution in [2.24, 2.45) is 0 Å². The first-order valence-corrected chi connectivity index (χ1v) is 7.27. The average Bonchev–Trinajstić information content (AvgIpc) is 2.48. The summed E-state index contributed by atoms with van der Waals surface area (Å²) in [7, 11) is 0. The van der Waals surface area contributed by atoms with Crippen molar-refractivity contribution in [3.8, 4) is 5.75 Å². The van der Waals surface area contributed by atoms with E-state index < -0.39 is 18.0 Å². The van der Waals surface area contributed by atoms with E-state index in [2.05, 4.69) is 15.0 Å². The molecule has 116 valence electrons. The number of nitrogens with one attached hydrogen (secondary N) is 1. The first-order valence-electron chi connectivity index (χ1n) is 6.05. The Balaban J connectivity index is 2.21. The number of alkyl halides is 3. The molecule has 0 unspecified atom stereocenters. The van der Waals surface area contributed by atoms with Crippen molar-refractivity contribution >= 4 is 23.4 Å². The molecule has 2 rings (SSSR count). The number of hydrogen-bond acceptors (Lipinski definition) is 4. The highest BCUT2D eigenvalue weighted by Gasteiger charge is 2.32. The van der Waals surface area contributed by atoms with Crippen LogP contribution in [0.1, 0.15) is 10.4 Å². The van der Waals surface area contributed by atoms with Crippen LogP contribution in [0.3, 0.4) is 0 Å². The zero-order valence-electron chi connectivity index (χ0n) is 11.3. The highest BCUT2D eigenvalue weighted by atomic mass is 32.2. The van der Waals surface area contributed by atoms with Crippen LogP contribution >= 0.6 is 11.8 Å². The van der Waals surface area contributed by atoms with Crippen LogP contribution < -0.4 is 10.1 Å². The highest BCUT2D eigenvalue weighted by molar-refractivity contribution is 7.98. The van der Waals surface area contributed by atoms with Gasteiger partial charge in [0.25, 0.3) is 5.91 Å². The molecule has 0 atom stereocenters. The molecule has 0 radical (unpaired) electrons. The van der Waals surface area contributed by atoms with Crippen LogP contribution in [-0.2, 0) is 0 Å². The number of nitrogens with zero attached hydrogens (tertiary/aromatic N) is 1. The third-order valence-corrected chi connectivity index (χ3v) is 3.21. The van der Waals surface area contributed by atoms with Crippen LogP contribution in [0.25, 0.3) is 0 Å². The lowest BCUT2D eigenvalue weighted by Crippen LogP contribution is -2.19. The van der Waals surface area contributed by atoms with Crippen LogP contribution in [0.2, 0.25) is 0 Å². The smallest absolute Gasteiger partial charge is 0.404 e. The van der Waals surface area contributed by atoms with Crippen molar-refractivity contribution in [2.45, 2.75) is 11.4 Å². The second kappa shape index (κ2) is 6.69. The number of carbonyl (C=O) groups is 1. The summed E-state index contributed by atoms with van der Waals surface area (Å²) in [5.41, 5.74) is 0.230. The molecule has 2 aromatic rings. The summed E-state index contributed by atoms with van der Waals surface area (Å²) in [6, 6.07) is 8.36. The van der Waals surface area contributed by atoms with E-state index in [9.17, 15) is 18.0 Å². The molecule has 0 spiro atoms. The normalized spacial score (nSPS) is 11.1. The summed E-state index contributed by atoms with van der Waals surface area (Å²) in [4.78, 5) is 16.1. The first-order chi connectivity index (χ1) is 10.4. The lowest BCUT2D eigenvalue weighted by Gasteiger charge is -2.13. The maximum absolute atomic E-state index is 12.3. The predicted molar refractivity (Wildman–Crippen MR) is 77.1 cm³/mol. The number of para-hydroxylation sites is 2. The Labute approximate surface area is 128 Å². The molecule has 1 amide bonds. The largest absolute Gasteiger partial charge is 0.573 e. The predicted octanol–water partition coefficient (Wildman–Crippen LogP) is 3.95. The fourth-order valence-electron chi connectivity index (χ4n) is 1.64. The van der Waals surface area contributed by atoms with Crippen LogP contribution in [0, 0.1) is 0 Å². The Hall–Kier alpha value is -2.22. The number of thioether (sulfide) groups is 1. The van der Waals surface area contributed by atoms with Crippen molar-refractivity contribution in [1.82, 2.24) is 4.98 Å². The minimum atomic E-state index is -4.83. The number of rotatable bonds is 4. The second-order valence-corrected chi connectivity index (χ2v) is 4.91. The summed E-state index contributed by atoms with van der Waals surface area (Å²) in [5, 5.41) is 3.03. The molecule has 1 aromatic carbocycles. The second-order valence-electron chi connectivity index (χ2n) is 4.08. The SMILES string of the molecule is CSc1cc(C(=O)Nc2ccccc2OC(F)(F)F)ccn1. The minimum absolute atomic E-state index is 0.0626. The van der Waals surface area contributed by atoms with Gasteiger partial charge in [-0.3, -0.25) is 4.79 Å². The number of benzene rings is 1. The van der Waals surface area contributed by atoms with Crippen molar-refractivity contribution in [1.29, 1.82) is 0 Å². The number of ether oxygens (including phenoxy) is 1. The molecule has 8 heteroatoms. The summed E-state index contributed by atoms with van der Waals surface area (Å²) in [5.74, 6) is -1.02. The molecule has 1 heterocycles. The number of halogens is 3. The number of carbonyl (C=O) groups excluding carboxylic acids is 1. The standard InChI is InChI=1S/C14H11F3N2O2S/c1-22-12-8-9(6-7-18-12)13(20)19-10-4-2-3-5-11(10)21-14(15,16)17/h2-8H,1H3,(H,19,20). The number of anilines is 1. The maximum Gasteiger partial charge on any atom is 0.573 e. The van der Waals surface area contributed by atoms with Crippen LogP contribution in [0.5, 0.6) is 5.75 Å². The number of pyridine rings is 1. The molecule has 1 aromatic heterocycles. The molecule has 0 saturated carbocycles. The van der Waals surface area contributed by atoms with E-state index in [1.54, 1.807) is 12.3 Å². The lowest BCUT2D eigenvalue weighted by molar-refractivity contribution is -0.274. The molecule has 0 aliphatic carbocycles.